The molecule has 4 rings (SSSR count). The maximum Gasteiger partial charge on any atom is 0.295 e. The summed E-state index contributed by atoms with van der Waals surface area (Å²) in [5.74, 6) is -1.81. The highest BCUT2D eigenvalue weighted by Crippen LogP contribution is 2.40. The lowest BCUT2D eigenvalue weighted by molar-refractivity contribution is -0.140. The number of pyridine rings is 1. The third-order valence-electron chi connectivity index (χ3n) is 5.76. The zero-order valence-electron chi connectivity index (χ0n) is 19.0. The summed E-state index contributed by atoms with van der Waals surface area (Å²) >= 11 is 0. The van der Waals surface area contributed by atoms with Gasteiger partial charge in [-0.3, -0.25) is 14.6 Å². The number of nitrogens with zero attached hydrogens (tertiary/aromatic N) is 2. The summed E-state index contributed by atoms with van der Waals surface area (Å²) in [7, 11) is 0. The molecule has 34 heavy (non-hydrogen) atoms. The van der Waals surface area contributed by atoms with Crippen LogP contribution in [0.5, 0.6) is 5.75 Å². The number of amides is 1. The molecule has 1 unspecified atom stereocenters. The van der Waals surface area contributed by atoms with Crippen molar-refractivity contribution in [2.24, 2.45) is 0 Å². The fourth-order valence-corrected chi connectivity index (χ4v) is 3.94. The van der Waals surface area contributed by atoms with Crippen molar-refractivity contribution in [3.63, 3.8) is 0 Å². The van der Waals surface area contributed by atoms with E-state index in [9.17, 15) is 19.1 Å². The standard InChI is InChI=1S/C27H25FN2O4/c1-3-14-34-21-8-6-19(7-9-21)24-23(25(31)20-5-4-17(2)22(28)15-20)26(32)27(33)30(24)16-18-10-12-29-13-11-18/h4-13,15,24,31H,3,14,16H2,1-2H3/b25-23+. The summed E-state index contributed by atoms with van der Waals surface area (Å²) in [6.45, 7) is 4.33. The van der Waals surface area contributed by atoms with Crippen molar-refractivity contribution in [2.75, 3.05) is 6.61 Å². The number of hydrogen-bond donors (Lipinski definition) is 1. The molecule has 174 valence electrons. The molecule has 0 aliphatic carbocycles. The second kappa shape index (κ2) is 9.87. The Kier molecular flexibility index (Phi) is 6.72. The van der Waals surface area contributed by atoms with E-state index in [2.05, 4.69) is 4.98 Å². The first kappa shape index (κ1) is 23.2. The first-order chi connectivity index (χ1) is 16.4. The average molecular weight is 461 g/mol. The van der Waals surface area contributed by atoms with Crippen LogP contribution in [0.1, 0.15) is 41.6 Å². The number of hydrogen-bond acceptors (Lipinski definition) is 5. The summed E-state index contributed by atoms with van der Waals surface area (Å²) in [4.78, 5) is 31.6. The second-order valence-electron chi connectivity index (χ2n) is 8.16. The molecule has 1 fully saturated rings. The van der Waals surface area contributed by atoms with Crippen LogP contribution in [0.15, 0.2) is 72.6 Å². The van der Waals surface area contributed by atoms with Crippen LogP contribution in [0, 0.1) is 12.7 Å². The smallest absolute Gasteiger partial charge is 0.295 e. The summed E-state index contributed by atoms with van der Waals surface area (Å²) < 4.78 is 19.9. The molecule has 1 atom stereocenters. The number of halogens is 1. The normalized spacial score (nSPS) is 17.3. The van der Waals surface area contributed by atoms with Crippen molar-refractivity contribution in [3.8, 4) is 5.75 Å². The van der Waals surface area contributed by atoms with E-state index in [1.165, 1.54) is 23.1 Å². The van der Waals surface area contributed by atoms with E-state index < -0.39 is 29.3 Å². The SMILES string of the molecule is CCCOc1ccc(C2/C(=C(\O)c3ccc(C)c(F)c3)C(=O)C(=O)N2Cc2ccncc2)cc1. The van der Waals surface area contributed by atoms with Gasteiger partial charge in [-0.2, -0.15) is 0 Å². The molecule has 7 heteroatoms. The van der Waals surface area contributed by atoms with Crippen LogP contribution in [0.4, 0.5) is 4.39 Å². The lowest BCUT2D eigenvalue weighted by Gasteiger charge is -2.25. The van der Waals surface area contributed by atoms with Gasteiger partial charge in [0.15, 0.2) is 0 Å². The van der Waals surface area contributed by atoms with Gasteiger partial charge in [-0.15, -0.1) is 0 Å². The number of rotatable bonds is 7. The van der Waals surface area contributed by atoms with Gasteiger partial charge in [-0.25, -0.2) is 4.39 Å². The molecule has 0 bridgehead atoms. The molecule has 0 spiro atoms. The third kappa shape index (κ3) is 4.55. The van der Waals surface area contributed by atoms with E-state index in [4.69, 9.17) is 4.74 Å². The molecular weight excluding hydrogens is 435 g/mol. The number of benzene rings is 2. The van der Waals surface area contributed by atoms with Gasteiger partial charge >= 0.3 is 0 Å². The Balaban J connectivity index is 1.82. The number of likely N-dealkylation sites (tertiary alicyclic amines) is 1. The lowest BCUT2D eigenvalue weighted by atomic mass is 9.94. The maximum atomic E-state index is 14.2. The first-order valence-electron chi connectivity index (χ1n) is 11.1. The van der Waals surface area contributed by atoms with E-state index in [-0.39, 0.29) is 17.7 Å². The van der Waals surface area contributed by atoms with Crippen molar-refractivity contribution in [1.29, 1.82) is 0 Å². The van der Waals surface area contributed by atoms with Gasteiger partial charge in [0.05, 0.1) is 18.2 Å². The quantitative estimate of drug-likeness (QED) is 0.307. The Morgan fingerprint density at radius 2 is 1.79 bits per heavy atom. The minimum Gasteiger partial charge on any atom is -0.507 e. The number of carbonyl (C=O) groups is 2. The number of aryl methyl sites for hydroxylation is 1. The number of aliphatic hydroxyl groups is 1. The van der Waals surface area contributed by atoms with Crippen molar-refractivity contribution in [2.45, 2.75) is 32.9 Å². The summed E-state index contributed by atoms with van der Waals surface area (Å²) in [6.07, 6.45) is 4.08. The number of carbonyl (C=O) groups excluding carboxylic acids is 2. The third-order valence-corrected chi connectivity index (χ3v) is 5.76. The fourth-order valence-electron chi connectivity index (χ4n) is 3.94. The molecule has 1 aliphatic rings. The predicted octanol–water partition coefficient (Wildman–Crippen LogP) is 4.94. The molecular formula is C27H25FN2O4. The van der Waals surface area contributed by atoms with Gasteiger partial charge in [0.1, 0.15) is 17.3 Å². The van der Waals surface area contributed by atoms with Gasteiger partial charge in [-0.05, 0) is 60.4 Å². The Hall–Kier alpha value is -4.00. The number of ether oxygens (including phenoxy) is 1. The van der Waals surface area contributed by atoms with Crippen molar-refractivity contribution >= 4 is 17.4 Å². The van der Waals surface area contributed by atoms with Crippen molar-refractivity contribution < 1.29 is 23.8 Å². The summed E-state index contributed by atoms with van der Waals surface area (Å²) in [5.41, 5.74) is 1.88. The molecule has 2 aromatic carbocycles. The number of ketones is 1. The minimum absolute atomic E-state index is 0.0791. The monoisotopic (exact) mass is 460 g/mol. The largest absolute Gasteiger partial charge is 0.507 e. The molecule has 1 aliphatic heterocycles. The summed E-state index contributed by atoms with van der Waals surface area (Å²) in [6, 6.07) is 14.0. The number of aliphatic hydroxyl groups excluding tert-OH is 1. The van der Waals surface area contributed by atoms with Crippen molar-refractivity contribution in [3.05, 3.63) is 101 Å². The van der Waals surface area contributed by atoms with Gasteiger partial charge in [-0.1, -0.05) is 31.2 Å². The zero-order chi connectivity index (χ0) is 24.2. The molecule has 1 aromatic heterocycles. The lowest BCUT2D eigenvalue weighted by Crippen LogP contribution is -2.29. The maximum absolute atomic E-state index is 14.2. The Bertz CT molecular complexity index is 1240. The number of Topliss-reactive ketones (excluding diaryl/α,β-unsaturated/α-hetero) is 1. The summed E-state index contributed by atoms with van der Waals surface area (Å²) in [5, 5.41) is 11.1. The van der Waals surface area contributed by atoms with Crippen LogP contribution in [-0.2, 0) is 16.1 Å². The Labute approximate surface area is 197 Å². The predicted molar refractivity (Wildman–Crippen MR) is 125 cm³/mol. The van der Waals surface area contributed by atoms with Crippen LogP contribution in [0.3, 0.4) is 0 Å². The molecule has 3 aromatic rings. The van der Waals surface area contributed by atoms with E-state index in [0.29, 0.717) is 23.5 Å². The molecule has 1 amide bonds. The van der Waals surface area contributed by atoms with Crippen LogP contribution in [0.2, 0.25) is 0 Å². The second-order valence-corrected chi connectivity index (χ2v) is 8.16. The molecule has 0 radical (unpaired) electrons. The topological polar surface area (TPSA) is 79.7 Å². The molecule has 1 saturated heterocycles. The Morgan fingerprint density at radius 1 is 1.09 bits per heavy atom. The van der Waals surface area contributed by atoms with Gasteiger partial charge in [0, 0.05) is 24.5 Å². The van der Waals surface area contributed by atoms with Crippen LogP contribution < -0.4 is 4.74 Å². The zero-order valence-corrected chi connectivity index (χ0v) is 19.0. The van der Waals surface area contributed by atoms with Crippen molar-refractivity contribution in [1.82, 2.24) is 9.88 Å². The van der Waals surface area contributed by atoms with E-state index >= 15 is 0 Å². The van der Waals surface area contributed by atoms with E-state index in [0.717, 1.165) is 12.0 Å². The molecule has 6 nitrogen and oxygen atoms in total. The fraction of sp³-hybridized carbons (Fsp3) is 0.222. The molecule has 1 N–H and O–H groups in total. The van der Waals surface area contributed by atoms with Gasteiger partial charge in [0.25, 0.3) is 11.7 Å². The van der Waals surface area contributed by atoms with Crippen LogP contribution in [0.25, 0.3) is 5.76 Å². The molecule has 0 saturated carbocycles. The highest BCUT2D eigenvalue weighted by Gasteiger charge is 2.46. The first-order valence-corrected chi connectivity index (χ1v) is 11.1. The van der Waals surface area contributed by atoms with E-state index in [1.807, 2.05) is 6.92 Å². The Morgan fingerprint density at radius 3 is 2.44 bits per heavy atom. The van der Waals surface area contributed by atoms with Gasteiger partial charge in [0.2, 0.25) is 0 Å². The average Bonchev–Trinajstić information content (AvgIpc) is 3.10. The minimum atomic E-state index is -0.849. The van der Waals surface area contributed by atoms with Gasteiger partial charge < -0.3 is 14.7 Å². The molecule has 2 heterocycles. The van der Waals surface area contributed by atoms with E-state index in [1.54, 1.807) is 55.7 Å². The number of aromatic nitrogens is 1. The van der Waals surface area contributed by atoms with Crippen LogP contribution in [-0.4, -0.2) is 33.3 Å². The highest BCUT2D eigenvalue weighted by molar-refractivity contribution is 6.46. The van der Waals surface area contributed by atoms with Crippen LogP contribution >= 0.6 is 0 Å². The highest BCUT2D eigenvalue weighted by atomic mass is 19.1.